The Balaban J connectivity index is 1.63. The molecule has 0 atom stereocenters. The van der Waals surface area contributed by atoms with Crippen LogP contribution < -0.4 is 10.6 Å². The van der Waals surface area contributed by atoms with E-state index in [9.17, 15) is 4.79 Å². The number of aromatic nitrogens is 3. The molecule has 25 heavy (non-hydrogen) atoms. The van der Waals surface area contributed by atoms with Gasteiger partial charge in [-0.3, -0.25) is 4.79 Å². The molecule has 0 bridgehead atoms. The van der Waals surface area contributed by atoms with Crippen molar-refractivity contribution in [3.8, 4) is 0 Å². The van der Waals surface area contributed by atoms with Crippen LogP contribution in [0.1, 0.15) is 10.4 Å². The standard InChI is InChI=1S/C19H15N5O/c25-19(22-15-9-5-2-6-10-15)16-13-20-24-12-11-17(23-18(16)24)21-14-7-3-1-4-8-14/h1-13H,(H,21,23)(H,22,25). The van der Waals surface area contributed by atoms with Crippen molar-refractivity contribution in [3.63, 3.8) is 0 Å². The SMILES string of the molecule is O=C(Nc1ccccc1)c1cnn2ccc(Nc3ccccc3)nc12. The van der Waals surface area contributed by atoms with Crippen molar-refractivity contribution in [2.24, 2.45) is 0 Å². The molecule has 0 aliphatic carbocycles. The normalized spacial score (nSPS) is 10.6. The largest absolute Gasteiger partial charge is 0.340 e. The maximum atomic E-state index is 12.5. The molecule has 0 aliphatic rings. The minimum Gasteiger partial charge on any atom is -0.340 e. The maximum absolute atomic E-state index is 12.5. The van der Waals surface area contributed by atoms with Gasteiger partial charge >= 0.3 is 0 Å². The lowest BCUT2D eigenvalue weighted by molar-refractivity contribution is 0.102. The van der Waals surface area contributed by atoms with Crippen molar-refractivity contribution >= 4 is 28.7 Å². The number of hydrogen-bond donors (Lipinski definition) is 2. The summed E-state index contributed by atoms with van der Waals surface area (Å²) in [6.07, 6.45) is 3.29. The molecule has 6 heteroatoms. The molecule has 0 saturated carbocycles. The Morgan fingerprint density at radius 2 is 1.56 bits per heavy atom. The molecular formula is C19H15N5O. The average Bonchev–Trinajstić information content (AvgIpc) is 3.07. The quantitative estimate of drug-likeness (QED) is 0.598. The van der Waals surface area contributed by atoms with Crippen molar-refractivity contribution in [1.82, 2.24) is 14.6 Å². The summed E-state index contributed by atoms with van der Waals surface area (Å²) in [7, 11) is 0. The minimum absolute atomic E-state index is 0.245. The number of rotatable bonds is 4. The summed E-state index contributed by atoms with van der Waals surface area (Å²) in [5.41, 5.74) is 2.56. The predicted octanol–water partition coefficient (Wildman–Crippen LogP) is 3.73. The van der Waals surface area contributed by atoms with Crippen LogP contribution in [0.25, 0.3) is 5.65 Å². The van der Waals surface area contributed by atoms with Gasteiger partial charge < -0.3 is 10.6 Å². The Kier molecular flexibility index (Phi) is 3.84. The third-order valence-corrected chi connectivity index (χ3v) is 3.69. The first-order valence-electron chi connectivity index (χ1n) is 7.82. The lowest BCUT2D eigenvalue weighted by Gasteiger charge is -2.06. The van der Waals surface area contributed by atoms with Gasteiger partial charge in [-0.05, 0) is 30.3 Å². The second-order valence-corrected chi connectivity index (χ2v) is 5.45. The van der Waals surface area contributed by atoms with Crippen LogP contribution >= 0.6 is 0 Å². The Labute approximate surface area is 144 Å². The molecule has 0 unspecified atom stereocenters. The molecule has 4 rings (SSSR count). The van der Waals surface area contributed by atoms with Gasteiger partial charge in [0.15, 0.2) is 5.65 Å². The molecule has 0 aliphatic heterocycles. The lowest BCUT2D eigenvalue weighted by atomic mass is 10.2. The fourth-order valence-corrected chi connectivity index (χ4v) is 2.49. The first kappa shape index (κ1) is 14.9. The van der Waals surface area contributed by atoms with E-state index in [4.69, 9.17) is 0 Å². The number of nitrogens with one attached hydrogen (secondary N) is 2. The highest BCUT2D eigenvalue weighted by atomic mass is 16.1. The van der Waals surface area contributed by atoms with E-state index in [0.717, 1.165) is 11.4 Å². The van der Waals surface area contributed by atoms with E-state index in [1.54, 1.807) is 10.7 Å². The first-order valence-corrected chi connectivity index (χ1v) is 7.82. The van der Waals surface area contributed by atoms with Gasteiger partial charge in [0.25, 0.3) is 5.91 Å². The number of carbonyl (C=O) groups is 1. The van der Waals surface area contributed by atoms with Crippen LogP contribution in [0.2, 0.25) is 0 Å². The minimum atomic E-state index is -0.245. The zero-order valence-electron chi connectivity index (χ0n) is 13.3. The Morgan fingerprint density at radius 3 is 2.28 bits per heavy atom. The van der Waals surface area contributed by atoms with Crippen molar-refractivity contribution in [2.75, 3.05) is 10.6 Å². The fraction of sp³-hybridized carbons (Fsp3) is 0. The molecule has 2 aromatic carbocycles. The molecule has 0 fully saturated rings. The van der Waals surface area contributed by atoms with Gasteiger partial charge in [0.2, 0.25) is 0 Å². The van der Waals surface area contributed by atoms with Gasteiger partial charge in [-0.1, -0.05) is 36.4 Å². The second-order valence-electron chi connectivity index (χ2n) is 5.45. The number of hydrogen-bond acceptors (Lipinski definition) is 4. The smallest absolute Gasteiger partial charge is 0.261 e. The van der Waals surface area contributed by atoms with Gasteiger partial charge in [-0.2, -0.15) is 5.10 Å². The van der Waals surface area contributed by atoms with Crippen LogP contribution in [0.4, 0.5) is 17.2 Å². The van der Waals surface area contributed by atoms with E-state index < -0.39 is 0 Å². The van der Waals surface area contributed by atoms with E-state index >= 15 is 0 Å². The van der Waals surface area contributed by atoms with Gasteiger partial charge in [-0.15, -0.1) is 0 Å². The lowest BCUT2D eigenvalue weighted by Crippen LogP contribution is -2.12. The van der Waals surface area contributed by atoms with Crippen molar-refractivity contribution in [2.45, 2.75) is 0 Å². The number of carbonyl (C=O) groups excluding carboxylic acids is 1. The summed E-state index contributed by atoms with van der Waals surface area (Å²) in [4.78, 5) is 17.1. The second kappa shape index (κ2) is 6.45. The summed E-state index contributed by atoms with van der Waals surface area (Å²) in [6, 6.07) is 20.8. The van der Waals surface area contributed by atoms with Gasteiger partial charge in [-0.25, -0.2) is 9.50 Å². The average molecular weight is 329 g/mol. The highest BCUT2D eigenvalue weighted by molar-refractivity contribution is 6.08. The van der Waals surface area contributed by atoms with Crippen molar-refractivity contribution in [1.29, 1.82) is 0 Å². The molecule has 0 radical (unpaired) electrons. The number of benzene rings is 2. The van der Waals surface area contributed by atoms with Crippen LogP contribution in [0.5, 0.6) is 0 Å². The van der Waals surface area contributed by atoms with Crippen LogP contribution in [0.3, 0.4) is 0 Å². The van der Waals surface area contributed by atoms with E-state index in [1.165, 1.54) is 6.20 Å². The maximum Gasteiger partial charge on any atom is 0.261 e. The van der Waals surface area contributed by atoms with Gasteiger partial charge in [0, 0.05) is 17.6 Å². The number of anilines is 3. The summed E-state index contributed by atoms with van der Waals surface area (Å²) < 4.78 is 1.58. The van der Waals surface area contributed by atoms with Crippen LogP contribution in [0, 0.1) is 0 Å². The first-order chi connectivity index (χ1) is 12.3. The summed E-state index contributed by atoms with van der Waals surface area (Å²) in [5.74, 6) is 0.401. The fourth-order valence-electron chi connectivity index (χ4n) is 2.49. The Hall–Kier alpha value is -3.67. The molecule has 0 saturated heterocycles. The molecule has 1 amide bonds. The molecule has 122 valence electrons. The molecule has 2 heterocycles. The van der Waals surface area contributed by atoms with E-state index in [0.29, 0.717) is 17.0 Å². The zero-order chi connectivity index (χ0) is 17.1. The zero-order valence-corrected chi connectivity index (χ0v) is 13.3. The Morgan fingerprint density at radius 1 is 0.880 bits per heavy atom. The van der Waals surface area contributed by atoms with Crippen LogP contribution in [0.15, 0.2) is 79.1 Å². The molecular weight excluding hydrogens is 314 g/mol. The van der Waals surface area contributed by atoms with E-state index in [2.05, 4.69) is 20.7 Å². The van der Waals surface area contributed by atoms with Crippen molar-refractivity contribution < 1.29 is 4.79 Å². The van der Waals surface area contributed by atoms with E-state index in [-0.39, 0.29) is 5.91 Å². The van der Waals surface area contributed by atoms with E-state index in [1.807, 2.05) is 66.7 Å². The number of para-hydroxylation sites is 2. The molecule has 2 N–H and O–H groups in total. The monoisotopic (exact) mass is 329 g/mol. The number of fused-ring (bicyclic) bond motifs is 1. The third-order valence-electron chi connectivity index (χ3n) is 3.69. The van der Waals surface area contributed by atoms with Crippen LogP contribution in [-0.2, 0) is 0 Å². The van der Waals surface area contributed by atoms with Crippen LogP contribution in [-0.4, -0.2) is 20.5 Å². The molecule has 2 aromatic heterocycles. The molecule has 6 nitrogen and oxygen atoms in total. The third kappa shape index (κ3) is 3.18. The summed E-state index contributed by atoms with van der Waals surface area (Å²) in [5, 5.41) is 10.3. The topological polar surface area (TPSA) is 71.3 Å². The highest BCUT2D eigenvalue weighted by Crippen LogP contribution is 2.17. The predicted molar refractivity (Wildman–Crippen MR) is 97.1 cm³/mol. The van der Waals surface area contributed by atoms with Crippen molar-refractivity contribution in [3.05, 3.63) is 84.7 Å². The molecule has 0 spiro atoms. The number of nitrogens with zero attached hydrogens (tertiary/aromatic N) is 3. The summed E-state index contributed by atoms with van der Waals surface area (Å²) >= 11 is 0. The molecule has 4 aromatic rings. The summed E-state index contributed by atoms with van der Waals surface area (Å²) in [6.45, 7) is 0. The van der Waals surface area contributed by atoms with Gasteiger partial charge in [0.05, 0.1) is 6.20 Å². The van der Waals surface area contributed by atoms with Gasteiger partial charge in [0.1, 0.15) is 11.4 Å². The highest BCUT2D eigenvalue weighted by Gasteiger charge is 2.14. The number of amides is 1. The Bertz CT molecular complexity index is 1010.